The van der Waals surface area contributed by atoms with Gasteiger partial charge in [0.25, 0.3) is 5.91 Å². The van der Waals surface area contributed by atoms with Gasteiger partial charge < -0.3 is 10.6 Å². The summed E-state index contributed by atoms with van der Waals surface area (Å²) in [7, 11) is 0. The fraction of sp³-hybridized carbons (Fsp3) is 0.353. The Bertz CT molecular complexity index is 718. The zero-order valence-corrected chi connectivity index (χ0v) is 15.4. The summed E-state index contributed by atoms with van der Waals surface area (Å²) in [4.78, 5) is 21.0. The first kappa shape index (κ1) is 17.4. The van der Waals surface area contributed by atoms with Crippen molar-refractivity contribution in [3.63, 3.8) is 0 Å². The predicted molar refractivity (Wildman–Crippen MR) is 97.0 cm³/mol. The molecule has 122 valence electrons. The van der Waals surface area contributed by atoms with Gasteiger partial charge in [0.1, 0.15) is 17.3 Å². The maximum Gasteiger partial charge on any atom is 0.274 e. The van der Waals surface area contributed by atoms with E-state index in [1.54, 1.807) is 13.0 Å². The zero-order valence-electron chi connectivity index (χ0n) is 13.8. The Morgan fingerprint density at radius 3 is 2.65 bits per heavy atom. The van der Waals surface area contributed by atoms with E-state index in [2.05, 4.69) is 50.4 Å². The number of nitrogens with one attached hydrogen (secondary N) is 2. The molecule has 0 saturated heterocycles. The average molecular weight is 377 g/mol. The highest BCUT2D eigenvalue weighted by Gasteiger charge is 2.12. The molecule has 1 unspecified atom stereocenters. The molecule has 6 heteroatoms. The van der Waals surface area contributed by atoms with Gasteiger partial charge in [-0.05, 0) is 44.9 Å². The van der Waals surface area contributed by atoms with Gasteiger partial charge in [0, 0.05) is 22.3 Å². The lowest BCUT2D eigenvalue weighted by Crippen LogP contribution is -2.18. The van der Waals surface area contributed by atoms with Crippen LogP contribution in [0.25, 0.3) is 0 Å². The summed E-state index contributed by atoms with van der Waals surface area (Å²) in [5.41, 5.74) is 2.18. The molecule has 1 heterocycles. The first-order valence-corrected chi connectivity index (χ1v) is 8.38. The van der Waals surface area contributed by atoms with Gasteiger partial charge in [-0.3, -0.25) is 4.79 Å². The molecule has 2 aromatic rings. The Kier molecular flexibility index (Phi) is 5.71. The topological polar surface area (TPSA) is 66.9 Å². The summed E-state index contributed by atoms with van der Waals surface area (Å²) in [5.74, 6) is 0.981. The lowest BCUT2D eigenvalue weighted by atomic mass is 10.2. The van der Waals surface area contributed by atoms with Crippen LogP contribution in [0.2, 0.25) is 0 Å². The predicted octanol–water partition coefficient (Wildman–Crippen LogP) is 4.32. The highest BCUT2D eigenvalue weighted by Crippen LogP contribution is 2.21. The number of rotatable bonds is 5. The lowest BCUT2D eigenvalue weighted by molar-refractivity contribution is 0.102. The smallest absolute Gasteiger partial charge is 0.274 e. The van der Waals surface area contributed by atoms with Crippen molar-refractivity contribution in [3.05, 3.63) is 45.8 Å². The Hall–Kier alpha value is -1.95. The second-order valence-corrected chi connectivity index (χ2v) is 6.41. The minimum absolute atomic E-state index is 0.251. The van der Waals surface area contributed by atoms with Gasteiger partial charge in [-0.1, -0.05) is 28.9 Å². The Labute approximate surface area is 145 Å². The molecule has 0 saturated carbocycles. The third kappa shape index (κ3) is 4.76. The first-order valence-electron chi connectivity index (χ1n) is 7.58. The molecule has 0 spiro atoms. The minimum Gasteiger partial charge on any atom is -0.368 e. The number of nitrogens with zero attached hydrogens (tertiary/aromatic N) is 2. The van der Waals surface area contributed by atoms with Crippen molar-refractivity contribution in [2.75, 3.05) is 10.6 Å². The number of amides is 1. The number of hydrogen-bond acceptors (Lipinski definition) is 4. The van der Waals surface area contributed by atoms with Crippen molar-refractivity contribution < 1.29 is 4.79 Å². The summed E-state index contributed by atoms with van der Waals surface area (Å²) in [6, 6.07) is 7.65. The molecule has 2 N–H and O–H groups in total. The number of benzene rings is 1. The average Bonchev–Trinajstić information content (AvgIpc) is 2.50. The van der Waals surface area contributed by atoms with Gasteiger partial charge in [0.05, 0.1) is 0 Å². The summed E-state index contributed by atoms with van der Waals surface area (Å²) >= 11 is 3.46. The van der Waals surface area contributed by atoms with Crippen LogP contribution in [0.1, 0.15) is 42.1 Å². The molecule has 5 nitrogen and oxygen atoms in total. The molecule has 1 atom stereocenters. The van der Waals surface area contributed by atoms with E-state index in [-0.39, 0.29) is 11.9 Å². The third-order valence-corrected chi connectivity index (χ3v) is 4.36. The highest BCUT2D eigenvalue weighted by molar-refractivity contribution is 9.10. The van der Waals surface area contributed by atoms with Crippen LogP contribution in [0.15, 0.2) is 28.7 Å². The van der Waals surface area contributed by atoms with Crippen molar-refractivity contribution in [1.29, 1.82) is 0 Å². The standard InChI is InChI=1S/C17H21BrN4O/c1-5-11(3)19-16-9-15(20-12(4)21-16)17(23)22-13-7-6-10(2)14(18)8-13/h6-9,11H,5H2,1-4H3,(H,22,23)(H,19,20,21). The maximum atomic E-state index is 12.4. The molecule has 1 amide bonds. The highest BCUT2D eigenvalue weighted by atomic mass is 79.9. The quantitative estimate of drug-likeness (QED) is 0.815. The number of hydrogen-bond donors (Lipinski definition) is 2. The molecule has 1 aromatic carbocycles. The number of aryl methyl sites for hydroxylation is 2. The van der Waals surface area contributed by atoms with E-state index in [0.717, 1.165) is 22.1 Å². The van der Waals surface area contributed by atoms with Gasteiger partial charge >= 0.3 is 0 Å². The summed E-state index contributed by atoms with van der Waals surface area (Å²) in [6.07, 6.45) is 0.974. The molecule has 1 aromatic heterocycles. The van der Waals surface area contributed by atoms with Gasteiger partial charge in [0.15, 0.2) is 0 Å². The molecule has 0 bridgehead atoms. The molecule has 0 aliphatic heterocycles. The molecule has 0 aliphatic rings. The second-order valence-electron chi connectivity index (χ2n) is 5.56. The minimum atomic E-state index is -0.251. The monoisotopic (exact) mass is 376 g/mol. The van der Waals surface area contributed by atoms with Crippen molar-refractivity contribution in [3.8, 4) is 0 Å². The number of aromatic nitrogens is 2. The van der Waals surface area contributed by atoms with E-state index < -0.39 is 0 Å². The lowest BCUT2D eigenvalue weighted by Gasteiger charge is -2.13. The first-order chi connectivity index (χ1) is 10.9. The van der Waals surface area contributed by atoms with E-state index in [9.17, 15) is 4.79 Å². The molecule has 0 fully saturated rings. The van der Waals surface area contributed by atoms with Crippen molar-refractivity contribution in [1.82, 2.24) is 9.97 Å². The van der Waals surface area contributed by atoms with Gasteiger partial charge in [-0.15, -0.1) is 0 Å². The van der Waals surface area contributed by atoms with E-state index in [4.69, 9.17) is 0 Å². The van der Waals surface area contributed by atoms with Gasteiger partial charge in [-0.25, -0.2) is 9.97 Å². The van der Waals surface area contributed by atoms with Gasteiger partial charge in [-0.2, -0.15) is 0 Å². The van der Waals surface area contributed by atoms with E-state index in [1.807, 2.05) is 25.1 Å². The fourth-order valence-electron chi connectivity index (χ4n) is 1.98. The number of halogens is 1. The van der Waals surface area contributed by atoms with Crippen molar-refractivity contribution in [2.24, 2.45) is 0 Å². The van der Waals surface area contributed by atoms with Crippen molar-refractivity contribution >= 4 is 33.3 Å². The molecule has 0 radical (unpaired) electrons. The van der Waals surface area contributed by atoms with Crippen LogP contribution >= 0.6 is 15.9 Å². The summed E-state index contributed by atoms with van der Waals surface area (Å²) < 4.78 is 0.952. The van der Waals surface area contributed by atoms with Crippen LogP contribution in [0, 0.1) is 13.8 Å². The molecule has 0 aliphatic carbocycles. The molecular weight excluding hydrogens is 356 g/mol. The number of carbonyl (C=O) groups is 1. The van der Waals surface area contributed by atoms with Crippen LogP contribution in [0.5, 0.6) is 0 Å². The Morgan fingerprint density at radius 1 is 1.26 bits per heavy atom. The summed E-state index contributed by atoms with van der Waals surface area (Å²) in [6.45, 7) is 7.94. The van der Waals surface area contributed by atoms with E-state index in [1.165, 1.54) is 0 Å². The largest absolute Gasteiger partial charge is 0.368 e. The van der Waals surface area contributed by atoms with E-state index >= 15 is 0 Å². The van der Waals surface area contributed by atoms with Crippen LogP contribution < -0.4 is 10.6 Å². The Balaban J connectivity index is 2.19. The number of anilines is 2. The van der Waals surface area contributed by atoms with Crippen LogP contribution in [-0.2, 0) is 0 Å². The third-order valence-electron chi connectivity index (χ3n) is 3.51. The van der Waals surface area contributed by atoms with Crippen LogP contribution in [0.3, 0.4) is 0 Å². The molecule has 2 rings (SSSR count). The van der Waals surface area contributed by atoms with Crippen LogP contribution in [-0.4, -0.2) is 21.9 Å². The normalized spacial score (nSPS) is 11.9. The van der Waals surface area contributed by atoms with Crippen molar-refractivity contribution in [2.45, 2.75) is 40.2 Å². The number of carbonyl (C=O) groups excluding carboxylic acids is 1. The maximum absolute atomic E-state index is 12.4. The summed E-state index contributed by atoms with van der Waals surface area (Å²) in [5, 5.41) is 6.13. The molecular formula is C17H21BrN4O. The Morgan fingerprint density at radius 2 is 2.00 bits per heavy atom. The van der Waals surface area contributed by atoms with Crippen LogP contribution in [0.4, 0.5) is 11.5 Å². The van der Waals surface area contributed by atoms with Gasteiger partial charge in [0.2, 0.25) is 0 Å². The fourth-order valence-corrected chi connectivity index (χ4v) is 2.36. The van der Waals surface area contributed by atoms with E-state index in [0.29, 0.717) is 17.3 Å². The molecule has 23 heavy (non-hydrogen) atoms. The SMILES string of the molecule is CCC(C)Nc1cc(C(=O)Nc2ccc(C)c(Br)c2)nc(C)n1. The second kappa shape index (κ2) is 7.55. The zero-order chi connectivity index (χ0) is 17.0.